The number of rotatable bonds is 8. The molecule has 12 atom stereocenters. The van der Waals surface area contributed by atoms with Gasteiger partial charge in [0.25, 0.3) is 0 Å². The number of nitrogens with zero attached hydrogens (tertiary/aromatic N) is 4. The molecule has 4 saturated heterocycles. The lowest BCUT2D eigenvalue weighted by Gasteiger charge is -2.63. The minimum Gasteiger partial charge on any atom is -0.496 e. The summed E-state index contributed by atoms with van der Waals surface area (Å²) in [4.78, 5) is 54.5. The van der Waals surface area contributed by atoms with Crippen LogP contribution in [-0.2, 0) is 44.8 Å². The van der Waals surface area contributed by atoms with E-state index in [2.05, 4.69) is 22.8 Å². The molecule has 7 aliphatic heterocycles. The number of piperidine rings is 3. The molecule has 2 aromatic carbocycles. The highest BCUT2D eigenvalue weighted by Gasteiger charge is 2.80. The molecule has 2 aromatic rings. The van der Waals surface area contributed by atoms with Crippen LogP contribution in [0.15, 0.2) is 53.5 Å². The van der Waals surface area contributed by atoms with E-state index in [4.69, 9.17) is 23.9 Å². The number of esters is 3. The van der Waals surface area contributed by atoms with Crippen molar-refractivity contribution in [2.24, 2.45) is 22.2 Å². The number of likely N-dealkylation sites (N-methyl/N-ethyl adjacent to an activating group) is 1. The van der Waals surface area contributed by atoms with Gasteiger partial charge in [-0.15, -0.1) is 0 Å². The molecule has 7 heterocycles. The molecule has 1 saturated carbocycles. The van der Waals surface area contributed by atoms with E-state index in [0.29, 0.717) is 62.5 Å². The average Bonchev–Trinajstić information content (AvgIpc) is 3.85. The molecule has 1 aliphatic carbocycles. The molecule has 8 aliphatic rings. The maximum Gasteiger partial charge on any atom is 0.344 e. The number of methoxy groups -OCH3 is 3. The van der Waals surface area contributed by atoms with Crippen LogP contribution >= 0.6 is 0 Å². The maximum absolute atomic E-state index is 15.1. The van der Waals surface area contributed by atoms with Gasteiger partial charge in [0.05, 0.1) is 49.8 Å². The average molecular weight is 811 g/mol. The highest BCUT2D eigenvalue weighted by Crippen LogP contribution is 2.68. The van der Waals surface area contributed by atoms with Crippen LogP contribution in [0.2, 0.25) is 0 Å². The highest BCUT2D eigenvalue weighted by atomic mass is 16.6. The Bertz CT molecular complexity index is 2210. The Balaban J connectivity index is 1.34. The SMILES string of the molecule is CCC1(O)CN2CC(C)C1C1(C2)C(C(C)(C(=O)OC)c2cc3c(cc2OC)N(C)C2C(O)(C(=O)OC)C(OC(C)=O)C4(CC)C=CCN5CCC32C54)=Nc2ccccc21. The number of carbonyl (C=O) groups excluding carboxylic acids is 3. The minimum atomic E-state index is -2.31. The van der Waals surface area contributed by atoms with Crippen molar-refractivity contribution in [2.45, 2.75) is 99.5 Å². The van der Waals surface area contributed by atoms with Gasteiger partial charge in [0.2, 0.25) is 5.60 Å². The molecule has 10 rings (SSSR count). The number of fused-ring (bicyclic) bond motifs is 4. The first kappa shape index (κ1) is 40.1. The zero-order valence-corrected chi connectivity index (χ0v) is 35.7. The third-order valence-electron chi connectivity index (χ3n) is 16.2. The molecule has 59 heavy (non-hydrogen) atoms. The smallest absolute Gasteiger partial charge is 0.344 e. The zero-order chi connectivity index (χ0) is 42.2. The van der Waals surface area contributed by atoms with Gasteiger partial charge in [0.15, 0.2) is 6.10 Å². The first-order valence-corrected chi connectivity index (χ1v) is 21.1. The van der Waals surface area contributed by atoms with Crippen LogP contribution < -0.4 is 9.64 Å². The van der Waals surface area contributed by atoms with E-state index in [1.807, 2.05) is 75.2 Å². The number of ether oxygens (including phenoxy) is 4. The lowest BCUT2D eigenvalue weighted by molar-refractivity contribution is -0.228. The maximum atomic E-state index is 15.1. The van der Waals surface area contributed by atoms with Crippen LogP contribution in [0.1, 0.15) is 70.6 Å². The Hall–Kier alpha value is -4.30. The highest BCUT2D eigenvalue weighted by molar-refractivity contribution is 6.20. The molecule has 13 nitrogen and oxygen atoms in total. The molecule has 316 valence electrons. The summed E-state index contributed by atoms with van der Waals surface area (Å²) in [7, 11) is 6.06. The summed E-state index contributed by atoms with van der Waals surface area (Å²) in [5, 5.41) is 25.9. The number of para-hydroxylation sites is 1. The number of benzene rings is 2. The summed E-state index contributed by atoms with van der Waals surface area (Å²) in [6, 6.07) is 10.7. The van der Waals surface area contributed by atoms with Crippen LogP contribution in [0.3, 0.4) is 0 Å². The first-order chi connectivity index (χ1) is 28.0. The molecule has 5 fully saturated rings. The Morgan fingerprint density at radius 3 is 2.39 bits per heavy atom. The monoisotopic (exact) mass is 810 g/mol. The second-order valence-corrected chi connectivity index (χ2v) is 18.6. The molecule has 0 radical (unpaired) electrons. The lowest BCUT2D eigenvalue weighted by atomic mass is 9.47. The van der Waals surface area contributed by atoms with Crippen molar-refractivity contribution in [1.82, 2.24) is 9.80 Å². The van der Waals surface area contributed by atoms with E-state index in [1.165, 1.54) is 21.1 Å². The summed E-state index contributed by atoms with van der Waals surface area (Å²) >= 11 is 0. The molecular formula is C46H58N4O9. The van der Waals surface area contributed by atoms with E-state index >= 15 is 4.79 Å². The van der Waals surface area contributed by atoms with Gasteiger partial charge in [-0.3, -0.25) is 24.4 Å². The fourth-order valence-corrected chi connectivity index (χ4v) is 14.5. The molecule has 2 bridgehead atoms. The Morgan fingerprint density at radius 1 is 1.00 bits per heavy atom. The van der Waals surface area contributed by atoms with Gasteiger partial charge in [-0.25, -0.2) is 4.79 Å². The third kappa shape index (κ3) is 4.65. The lowest BCUT2D eigenvalue weighted by Crippen LogP contribution is -2.81. The Kier molecular flexibility index (Phi) is 8.91. The van der Waals surface area contributed by atoms with E-state index in [9.17, 15) is 19.8 Å². The summed E-state index contributed by atoms with van der Waals surface area (Å²) in [6.45, 7) is 12.6. The molecule has 2 N–H and O–H groups in total. The van der Waals surface area contributed by atoms with E-state index in [1.54, 1.807) is 7.11 Å². The molecule has 0 amide bonds. The third-order valence-corrected chi connectivity index (χ3v) is 16.2. The van der Waals surface area contributed by atoms with Gasteiger partial charge in [0.1, 0.15) is 11.2 Å². The predicted octanol–water partition coefficient (Wildman–Crippen LogP) is 3.82. The number of aliphatic hydroxyl groups is 2. The molecule has 12 unspecified atom stereocenters. The fourth-order valence-electron chi connectivity index (χ4n) is 14.5. The predicted molar refractivity (Wildman–Crippen MR) is 220 cm³/mol. The summed E-state index contributed by atoms with van der Waals surface area (Å²) in [5.74, 6) is -1.80. The second-order valence-electron chi connectivity index (χ2n) is 18.6. The van der Waals surface area contributed by atoms with Crippen molar-refractivity contribution in [3.63, 3.8) is 0 Å². The molecule has 0 aromatic heterocycles. The van der Waals surface area contributed by atoms with E-state index in [0.717, 1.165) is 29.0 Å². The van der Waals surface area contributed by atoms with Crippen molar-refractivity contribution >= 4 is 35.0 Å². The molecule has 2 spiro atoms. The van der Waals surface area contributed by atoms with Crippen LogP contribution in [0.5, 0.6) is 5.75 Å². The zero-order valence-electron chi connectivity index (χ0n) is 35.7. The van der Waals surface area contributed by atoms with Crippen LogP contribution in [0.4, 0.5) is 11.4 Å². The van der Waals surface area contributed by atoms with E-state index < -0.39 is 62.9 Å². The van der Waals surface area contributed by atoms with Gasteiger partial charge >= 0.3 is 17.9 Å². The van der Waals surface area contributed by atoms with Crippen molar-refractivity contribution in [2.75, 3.05) is 66.0 Å². The number of hydrogen-bond acceptors (Lipinski definition) is 13. The van der Waals surface area contributed by atoms with Crippen LogP contribution in [0.25, 0.3) is 0 Å². The standard InChI is InChI=1S/C46H58N4O9/c1-10-42-17-14-19-50-20-18-44(36(42)50)29-21-30(33(56-7)22-32(29)48(6)37(44)46(55,40(53)58-9)38(42)59-27(4)51)41(5,39(52)57-8)35-45(28-15-12-13-16-31(28)47-35)25-49-23-26(3)34(45)43(54,11-2)24-49/h12-17,21-22,26,34,36-38,54-55H,10-11,18-20,23-25H2,1-9H3. The van der Waals surface area contributed by atoms with Crippen molar-refractivity contribution in [3.8, 4) is 5.75 Å². The largest absolute Gasteiger partial charge is 0.496 e. The molecular weight excluding hydrogens is 753 g/mol. The van der Waals surface area contributed by atoms with Gasteiger partial charge < -0.3 is 34.1 Å². The van der Waals surface area contributed by atoms with Gasteiger partial charge in [-0.1, -0.05) is 51.1 Å². The summed E-state index contributed by atoms with van der Waals surface area (Å²) in [6.07, 6.45) is 4.36. The fraction of sp³-hybridized carbons (Fsp3) is 0.609. The number of aliphatic imine (C=N–C) groups is 1. The number of hydrogen-bond donors (Lipinski definition) is 2. The summed E-state index contributed by atoms with van der Waals surface area (Å²) in [5.41, 5.74) is -3.23. The van der Waals surface area contributed by atoms with E-state index in [-0.39, 0.29) is 17.9 Å². The number of anilines is 1. The normalized spacial score (nSPS) is 39.4. The van der Waals surface area contributed by atoms with Gasteiger partial charge in [0, 0.05) is 80.3 Å². The minimum absolute atomic E-state index is 0.0744. The Labute approximate surface area is 346 Å². The quantitative estimate of drug-likeness (QED) is 0.227. The van der Waals surface area contributed by atoms with Gasteiger partial charge in [-0.05, 0) is 61.9 Å². The van der Waals surface area contributed by atoms with Crippen LogP contribution in [-0.4, -0.2) is 134 Å². The van der Waals surface area contributed by atoms with Crippen molar-refractivity contribution < 1.29 is 43.5 Å². The van der Waals surface area contributed by atoms with Crippen molar-refractivity contribution in [3.05, 3.63) is 65.2 Å². The van der Waals surface area contributed by atoms with Gasteiger partial charge in [-0.2, -0.15) is 0 Å². The first-order valence-electron chi connectivity index (χ1n) is 21.1. The number of carbonyl (C=O) groups is 3. The topological polar surface area (TPSA) is 151 Å². The summed E-state index contributed by atoms with van der Waals surface area (Å²) < 4.78 is 23.7. The van der Waals surface area contributed by atoms with Crippen molar-refractivity contribution in [1.29, 1.82) is 0 Å². The van der Waals surface area contributed by atoms with Crippen LogP contribution in [0, 0.1) is 17.3 Å². The molecule has 13 heteroatoms. The Morgan fingerprint density at radius 2 is 1.75 bits per heavy atom. The second kappa shape index (κ2) is 13.1.